The van der Waals surface area contributed by atoms with Crippen LogP contribution in [0.4, 0.5) is 0 Å². The van der Waals surface area contributed by atoms with Gasteiger partial charge in [-0.05, 0) is 41.6 Å². The number of aromatic nitrogens is 3. The van der Waals surface area contributed by atoms with E-state index in [2.05, 4.69) is 56.3 Å². The van der Waals surface area contributed by atoms with Gasteiger partial charge in [0.2, 0.25) is 0 Å². The van der Waals surface area contributed by atoms with Gasteiger partial charge in [-0.15, -0.1) is 11.3 Å². The molecule has 0 atom stereocenters. The monoisotopic (exact) mass is 355 g/mol. The first-order valence-corrected chi connectivity index (χ1v) is 7.23. The standard InChI is InChI=1S/C12H10IN3S/c1-2-16-6-10(15-7-16)11-5-9-12(17-11)8(13)3-4-14-9/h3-7H,2H2,1H3. The molecule has 0 aliphatic heterocycles. The third kappa shape index (κ3) is 1.97. The Hall–Kier alpha value is -0.950. The van der Waals surface area contributed by atoms with Gasteiger partial charge in [0.15, 0.2) is 0 Å². The molecular formula is C12H10IN3S. The second kappa shape index (κ2) is 4.38. The average Bonchev–Trinajstić information content (AvgIpc) is 2.95. The third-order valence-electron chi connectivity index (χ3n) is 2.61. The Labute approximate surface area is 117 Å². The van der Waals surface area contributed by atoms with Crippen LogP contribution in [0.1, 0.15) is 6.92 Å². The molecule has 0 radical (unpaired) electrons. The molecule has 3 rings (SSSR count). The minimum atomic E-state index is 0.952. The number of aryl methyl sites for hydroxylation is 1. The van der Waals surface area contributed by atoms with Crippen molar-refractivity contribution in [2.75, 3.05) is 0 Å². The minimum absolute atomic E-state index is 0.952. The molecular weight excluding hydrogens is 345 g/mol. The lowest BCUT2D eigenvalue weighted by Crippen LogP contribution is -1.86. The summed E-state index contributed by atoms with van der Waals surface area (Å²) in [6.07, 6.45) is 5.81. The van der Waals surface area contributed by atoms with E-state index in [0.717, 1.165) is 17.8 Å². The van der Waals surface area contributed by atoms with E-state index in [1.165, 1.54) is 13.1 Å². The maximum absolute atomic E-state index is 4.43. The number of nitrogens with zero attached hydrogens (tertiary/aromatic N) is 3. The van der Waals surface area contributed by atoms with E-state index in [4.69, 9.17) is 0 Å². The van der Waals surface area contributed by atoms with E-state index in [-0.39, 0.29) is 0 Å². The Bertz CT molecular complexity index is 671. The van der Waals surface area contributed by atoms with Crippen LogP contribution in [-0.4, -0.2) is 14.5 Å². The highest BCUT2D eigenvalue weighted by Gasteiger charge is 2.09. The quantitative estimate of drug-likeness (QED) is 0.655. The van der Waals surface area contributed by atoms with Gasteiger partial charge in [-0.2, -0.15) is 0 Å². The van der Waals surface area contributed by atoms with Gasteiger partial charge in [0.1, 0.15) is 0 Å². The lowest BCUT2D eigenvalue weighted by Gasteiger charge is -1.90. The predicted molar refractivity (Wildman–Crippen MR) is 79.2 cm³/mol. The number of halogens is 1. The van der Waals surface area contributed by atoms with Crippen LogP contribution in [0, 0.1) is 3.57 Å². The molecule has 0 bridgehead atoms. The van der Waals surface area contributed by atoms with Crippen molar-refractivity contribution in [3.8, 4) is 10.6 Å². The topological polar surface area (TPSA) is 30.7 Å². The zero-order chi connectivity index (χ0) is 11.8. The van der Waals surface area contributed by atoms with Crippen LogP contribution in [0.3, 0.4) is 0 Å². The number of fused-ring (bicyclic) bond motifs is 1. The smallest absolute Gasteiger partial charge is 0.0982 e. The van der Waals surface area contributed by atoms with Crippen LogP contribution < -0.4 is 0 Å². The zero-order valence-corrected chi connectivity index (χ0v) is 12.2. The zero-order valence-electron chi connectivity index (χ0n) is 9.22. The summed E-state index contributed by atoms with van der Waals surface area (Å²) >= 11 is 4.10. The molecule has 0 aliphatic rings. The summed E-state index contributed by atoms with van der Waals surface area (Å²) in [7, 11) is 0. The van der Waals surface area contributed by atoms with Gasteiger partial charge in [0.25, 0.3) is 0 Å². The lowest BCUT2D eigenvalue weighted by atomic mass is 10.3. The molecule has 0 unspecified atom stereocenters. The second-order valence-corrected chi connectivity index (χ2v) is 5.92. The van der Waals surface area contributed by atoms with Crippen molar-refractivity contribution >= 4 is 44.1 Å². The summed E-state index contributed by atoms with van der Waals surface area (Å²) in [5.41, 5.74) is 2.09. The van der Waals surface area contributed by atoms with Gasteiger partial charge in [-0.25, -0.2) is 4.98 Å². The summed E-state index contributed by atoms with van der Waals surface area (Å²) in [6, 6.07) is 4.15. The Morgan fingerprint density at radius 3 is 3.00 bits per heavy atom. The van der Waals surface area contributed by atoms with Crippen molar-refractivity contribution in [1.29, 1.82) is 0 Å². The Balaban J connectivity index is 2.14. The van der Waals surface area contributed by atoms with Crippen molar-refractivity contribution in [2.45, 2.75) is 13.5 Å². The predicted octanol–water partition coefficient (Wildman–Crippen LogP) is 3.78. The molecule has 0 saturated carbocycles. The molecule has 0 aromatic carbocycles. The van der Waals surface area contributed by atoms with Crippen molar-refractivity contribution in [3.63, 3.8) is 0 Å². The SMILES string of the molecule is CCn1cnc(-c2cc3nccc(I)c3s2)c1. The number of thiophene rings is 1. The fourth-order valence-electron chi connectivity index (χ4n) is 1.69. The Morgan fingerprint density at radius 1 is 1.41 bits per heavy atom. The van der Waals surface area contributed by atoms with E-state index >= 15 is 0 Å². The van der Waals surface area contributed by atoms with Gasteiger partial charge in [-0.3, -0.25) is 4.98 Å². The van der Waals surface area contributed by atoms with Gasteiger partial charge in [0, 0.05) is 22.5 Å². The first kappa shape index (κ1) is 11.2. The molecule has 3 aromatic heterocycles. The molecule has 0 fully saturated rings. The maximum atomic E-state index is 4.43. The Morgan fingerprint density at radius 2 is 2.29 bits per heavy atom. The summed E-state index contributed by atoms with van der Waals surface area (Å²) in [5.74, 6) is 0. The molecule has 3 heterocycles. The van der Waals surface area contributed by atoms with Crippen molar-refractivity contribution in [3.05, 3.63) is 34.4 Å². The summed E-state index contributed by atoms with van der Waals surface area (Å²) in [5, 5.41) is 0. The highest BCUT2D eigenvalue weighted by Crippen LogP contribution is 2.33. The van der Waals surface area contributed by atoms with Gasteiger partial charge in [-0.1, -0.05) is 0 Å². The van der Waals surface area contributed by atoms with Gasteiger partial charge >= 0.3 is 0 Å². The minimum Gasteiger partial charge on any atom is -0.337 e. The molecule has 0 aliphatic carbocycles. The normalized spacial score (nSPS) is 11.2. The molecule has 0 amide bonds. The molecule has 5 heteroatoms. The summed E-state index contributed by atoms with van der Waals surface area (Å²) in [4.78, 5) is 10.00. The number of rotatable bonds is 2. The third-order valence-corrected chi connectivity index (χ3v) is 5.06. The van der Waals surface area contributed by atoms with Gasteiger partial charge < -0.3 is 4.57 Å². The highest BCUT2D eigenvalue weighted by molar-refractivity contribution is 14.1. The second-order valence-electron chi connectivity index (χ2n) is 3.71. The first-order valence-electron chi connectivity index (χ1n) is 5.34. The van der Waals surface area contributed by atoms with Crippen LogP contribution in [-0.2, 0) is 6.54 Å². The Kier molecular flexibility index (Phi) is 2.87. The molecule has 3 aromatic rings. The maximum Gasteiger partial charge on any atom is 0.0982 e. The molecule has 0 saturated heterocycles. The number of hydrogen-bond acceptors (Lipinski definition) is 3. The largest absolute Gasteiger partial charge is 0.337 e. The molecule has 86 valence electrons. The highest BCUT2D eigenvalue weighted by atomic mass is 127. The van der Waals surface area contributed by atoms with E-state index in [9.17, 15) is 0 Å². The summed E-state index contributed by atoms with van der Waals surface area (Å²) < 4.78 is 4.57. The van der Waals surface area contributed by atoms with Crippen molar-refractivity contribution in [1.82, 2.24) is 14.5 Å². The van der Waals surface area contributed by atoms with Crippen LogP contribution >= 0.6 is 33.9 Å². The molecule has 0 N–H and O–H groups in total. The van der Waals surface area contributed by atoms with E-state index in [0.29, 0.717) is 0 Å². The van der Waals surface area contributed by atoms with Gasteiger partial charge in [0.05, 0.1) is 27.1 Å². The van der Waals surface area contributed by atoms with Crippen LogP contribution in [0.15, 0.2) is 30.9 Å². The number of imidazole rings is 1. The molecule has 3 nitrogen and oxygen atoms in total. The fraction of sp³-hybridized carbons (Fsp3) is 0.167. The van der Waals surface area contributed by atoms with E-state index in [1.807, 2.05) is 18.6 Å². The van der Waals surface area contributed by atoms with Crippen LogP contribution in [0.2, 0.25) is 0 Å². The average molecular weight is 355 g/mol. The first-order chi connectivity index (χ1) is 8.28. The van der Waals surface area contributed by atoms with E-state index < -0.39 is 0 Å². The molecule has 17 heavy (non-hydrogen) atoms. The van der Waals surface area contributed by atoms with Crippen LogP contribution in [0.5, 0.6) is 0 Å². The number of hydrogen-bond donors (Lipinski definition) is 0. The van der Waals surface area contributed by atoms with Crippen molar-refractivity contribution < 1.29 is 0 Å². The lowest BCUT2D eigenvalue weighted by molar-refractivity contribution is 0.762. The molecule has 0 spiro atoms. The van der Waals surface area contributed by atoms with Crippen molar-refractivity contribution in [2.24, 2.45) is 0 Å². The van der Waals surface area contributed by atoms with Crippen LogP contribution in [0.25, 0.3) is 20.8 Å². The summed E-state index contributed by atoms with van der Waals surface area (Å²) in [6.45, 7) is 3.06. The fourth-order valence-corrected chi connectivity index (χ4v) is 3.44. The van der Waals surface area contributed by atoms with E-state index in [1.54, 1.807) is 11.3 Å². The number of pyridine rings is 1.